The highest BCUT2D eigenvalue weighted by molar-refractivity contribution is 6.31. The molecule has 1 atom stereocenters. The summed E-state index contributed by atoms with van der Waals surface area (Å²) < 4.78 is 13.1. The third-order valence-electron chi connectivity index (χ3n) is 5.06. The van der Waals surface area contributed by atoms with Gasteiger partial charge in [0.25, 0.3) is 0 Å². The maximum absolute atomic E-state index is 13.1. The first-order valence-corrected chi connectivity index (χ1v) is 9.05. The molecule has 136 valence electrons. The fourth-order valence-corrected chi connectivity index (χ4v) is 4.06. The Kier molecular flexibility index (Phi) is 5.47. The van der Waals surface area contributed by atoms with Crippen molar-refractivity contribution in [2.75, 3.05) is 33.2 Å². The van der Waals surface area contributed by atoms with E-state index >= 15 is 0 Å². The number of nitrogens with one attached hydrogen (secondary N) is 2. The Labute approximate surface area is 152 Å². The minimum absolute atomic E-state index is 0.0349. The molecule has 1 spiro atoms. The number of likely N-dealkylation sites (tertiary alicyclic amines) is 1. The van der Waals surface area contributed by atoms with Crippen LogP contribution in [0.5, 0.6) is 0 Å². The number of carbonyl (C=O) groups excluding carboxylic acids is 1. The molecule has 0 radical (unpaired) electrons. The molecule has 2 saturated heterocycles. The van der Waals surface area contributed by atoms with Crippen molar-refractivity contribution in [3.63, 3.8) is 0 Å². The van der Waals surface area contributed by atoms with E-state index in [-0.39, 0.29) is 17.1 Å². The highest BCUT2D eigenvalue weighted by Crippen LogP contribution is 2.35. The fourth-order valence-electron chi connectivity index (χ4n) is 3.79. The summed E-state index contributed by atoms with van der Waals surface area (Å²) in [6.45, 7) is 3.19. The van der Waals surface area contributed by atoms with Gasteiger partial charge >= 0.3 is 0 Å². The number of benzene rings is 1. The van der Waals surface area contributed by atoms with E-state index in [0.29, 0.717) is 24.4 Å². The van der Waals surface area contributed by atoms with Crippen LogP contribution in [0.15, 0.2) is 23.2 Å². The zero-order valence-electron chi connectivity index (χ0n) is 14.4. The lowest BCUT2D eigenvalue weighted by molar-refractivity contribution is -0.119. The number of halogens is 2. The van der Waals surface area contributed by atoms with Crippen molar-refractivity contribution >= 4 is 23.5 Å². The normalized spacial score (nSPS) is 23.9. The van der Waals surface area contributed by atoms with Gasteiger partial charge in [-0.1, -0.05) is 17.7 Å². The Morgan fingerprint density at radius 1 is 1.52 bits per heavy atom. The molecule has 2 aliphatic heterocycles. The number of carbonyl (C=O) groups is 1. The van der Waals surface area contributed by atoms with Crippen LogP contribution in [0.1, 0.15) is 24.8 Å². The molecule has 1 amide bonds. The summed E-state index contributed by atoms with van der Waals surface area (Å²) in [5.74, 6) is 0.670. The van der Waals surface area contributed by atoms with E-state index in [1.807, 2.05) is 0 Å². The van der Waals surface area contributed by atoms with Gasteiger partial charge in [-0.15, -0.1) is 0 Å². The standard InChI is InChI=1S/C18H24ClFN4O/c1-21-17(22-7-5-13-3-4-14(20)9-15(13)19)24-8-2-6-18(12-24)10-16(25)23-11-18/h3-4,9H,2,5-8,10-12H2,1H3,(H,21,22)(H,23,25). The lowest BCUT2D eigenvalue weighted by Crippen LogP contribution is -2.51. The first kappa shape index (κ1) is 18.0. The third-order valence-corrected chi connectivity index (χ3v) is 5.41. The molecule has 2 aliphatic rings. The largest absolute Gasteiger partial charge is 0.356 e. The van der Waals surface area contributed by atoms with Crippen molar-refractivity contribution in [2.24, 2.45) is 10.4 Å². The van der Waals surface area contributed by atoms with Crippen LogP contribution < -0.4 is 10.6 Å². The van der Waals surface area contributed by atoms with Crippen LogP contribution in [0.4, 0.5) is 4.39 Å². The van der Waals surface area contributed by atoms with Crippen LogP contribution >= 0.6 is 11.6 Å². The van der Waals surface area contributed by atoms with E-state index in [1.165, 1.54) is 12.1 Å². The zero-order valence-corrected chi connectivity index (χ0v) is 15.2. The van der Waals surface area contributed by atoms with Gasteiger partial charge in [0.1, 0.15) is 5.82 Å². The fraction of sp³-hybridized carbons (Fsp3) is 0.556. The smallest absolute Gasteiger partial charge is 0.220 e. The SMILES string of the molecule is CN=C(NCCc1ccc(F)cc1Cl)N1CCCC2(CNC(=O)C2)C1. The second-order valence-electron chi connectivity index (χ2n) is 6.94. The molecule has 2 N–H and O–H groups in total. The Bertz CT molecular complexity index is 681. The second-order valence-corrected chi connectivity index (χ2v) is 7.35. The summed E-state index contributed by atoms with van der Waals surface area (Å²) >= 11 is 6.08. The number of hydrogen-bond donors (Lipinski definition) is 2. The Morgan fingerprint density at radius 3 is 3.04 bits per heavy atom. The average molecular weight is 367 g/mol. The molecule has 1 aromatic rings. The first-order chi connectivity index (χ1) is 12.0. The molecule has 0 aliphatic carbocycles. The molecule has 0 aromatic heterocycles. The third kappa shape index (κ3) is 4.24. The van der Waals surface area contributed by atoms with Gasteiger partial charge in [-0.25, -0.2) is 4.39 Å². The lowest BCUT2D eigenvalue weighted by atomic mass is 9.79. The summed E-state index contributed by atoms with van der Waals surface area (Å²) in [5.41, 5.74) is 0.944. The van der Waals surface area contributed by atoms with E-state index in [4.69, 9.17) is 11.6 Å². The molecule has 3 rings (SSSR count). The van der Waals surface area contributed by atoms with Gasteiger partial charge in [0.05, 0.1) is 0 Å². The van der Waals surface area contributed by atoms with Crippen molar-refractivity contribution in [1.82, 2.24) is 15.5 Å². The van der Waals surface area contributed by atoms with Crippen LogP contribution in [-0.2, 0) is 11.2 Å². The van der Waals surface area contributed by atoms with Crippen LogP contribution in [-0.4, -0.2) is 50.0 Å². The molecule has 2 fully saturated rings. The van der Waals surface area contributed by atoms with Crippen LogP contribution in [0.25, 0.3) is 0 Å². The van der Waals surface area contributed by atoms with Gasteiger partial charge in [-0.3, -0.25) is 9.79 Å². The van der Waals surface area contributed by atoms with Crippen LogP contribution in [0, 0.1) is 11.2 Å². The molecule has 2 heterocycles. The number of aliphatic imine (C=N–C) groups is 1. The van der Waals surface area contributed by atoms with Crippen molar-refractivity contribution in [2.45, 2.75) is 25.7 Å². The molecule has 25 heavy (non-hydrogen) atoms. The highest BCUT2D eigenvalue weighted by atomic mass is 35.5. The van der Waals surface area contributed by atoms with Crippen LogP contribution in [0.2, 0.25) is 5.02 Å². The first-order valence-electron chi connectivity index (χ1n) is 8.68. The molecule has 1 unspecified atom stereocenters. The van der Waals surface area contributed by atoms with Crippen LogP contribution in [0.3, 0.4) is 0 Å². The van der Waals surface area contributed by atoms with Crippen molar-refractivity contribution < 1.29 is 9.18 Å². The quantitative estimate of drug-likeness (QED) is 0.637. The van der Waals surface area contributed by atoms with Crippen molar-refractivity contribution in [3.05, 3.63) is 34.6 Å². The predicted octanol–water partition coefficient (Wildman–Crippen LogP) is 2.20. The second kappa shape index (κ2) is 7.60. The van der Waals surface area contributed by atoms with Gasteiger partial charge < -0.3 is 15.5 Å². The van der Waals surface area contributed by atoms with E-state index in [9.17, 15) is 9.18 Å². The summed E-state index contributed by atoms with van der Waals surface area (Å²) in [7, 11) is 1.77. The van der Waals surface area contributed by atoms with E-state index in [1.54, 1.807) is 13.1 Å². The number of rotatable bonds is 3. The molecule has 7 heteroatoms. The summed E-state index contributed by atoms with van der Waals surface area (Å²) in [6, 6.07) is 4.48. The molecule has 0 saturated carbocycles. The van der Waals surface area contributed by atoms with E-state index in [2.05, 4.69) is 20.5 Å². The zero-order chi connectivity index (χ0) is 17.9. The van der Waals surface area contributed by atoms with Crippen molar-refractivity contribution in [3.8, 4) is 0 Å². The molecule has 5 nitrogen and oxygen atoms in total. The maximum atomic E-state index is 13.1. The lowest BCUT2D eigenvalue weighted by Gasteiger charge is -2.40. The molecule has 1 aromatic carbocycles. The maximum Gasteiger partial charge on any atom is 0.220 e. The highest BCUT2D eigenvalue weighted by Gasteiger charge is 2.42. The predicted molar refractivity (Wildman–Crippen MR) is 97.3 cm³/mol. The topological polar surface area (TPSA) is 56.7 Å². The summed E-state index contributed by atoms with van der Waals surface area (Å²) in [6.07, 6.45) is 3.42. The number of hydrogen-bond acceptors (Lipinski definition) is 2. The van der Waals surface area contributed by atoms with E-state index < -0.39 is 0 Å². The average Bonchev–Trinajstić information content (AvgIpc) is 2.93. The van der Waals surface area contributed by atoms with E-state index in [0.717, 1.165) is 44.0 Å². The number of amides is 1. The van der Waals surface area contributed by atoms with Crippen molar-refractivity contribution in [1.29, 1.82) is 0 Å². The summed E-state index contributed by atoms with van der Waals surface area (Å²) in [4.78, 5) is 18.3. The Morgan fingerprint density at radius 2 is 2.36 bits per heavy atom. The monoisotopic (exact) mass is 366 g/mol. The molecular weight excluding hydrogens is 343 g/mol. The number of guanidine groups is 1. The van der Waals surface area contributed by atoms with Gasteiger partial charge in [-0.05, 0) is 37.0 Å². The van der Waals surface area contributed by atoms with Gasteiger partial charge in [0, 0.05) is 50.1 Å². The Hall–Kier alpha value is -1.82. The number of nitrogens with zero attached hydrogens (tertiary/aromatic N) is 2. The van der Waals surface area contributed by atoms with Gasteiger partial charge in [0.15, 0.2) is 5.96 Å². The Balaban J connectivity index is 1.56. The molecule has 0 bridgehead atoms. The molecular formula is C18H24ClFN4O. The summed E-state index contributed by atoms with van der Waals surface area (Å²) in [5, 5.41) is 6.78. The minimum Gasteiger partial charge on any atom is -0.356 e. The number of piperidine rings is 1. The van der Waals surface area contributed by atoms with Gasteiger partial charge in [-0.2, -0.15) is 0 Å². The van der Waals surface area contributed by atoms with Gasteiger partial charge in [0.2, 0.25) is 5.91 Å². The minimum atomic E-state index is -0.323.